The molecule has 0 aliphatic rings. The van der Waals surface area contributed by atoms with E-state index in [9.17, 15) is 0 Å². The highest BCUT2D eigenvalue weighted by atomic mass is 35.5. The molecule has 0 bridgehead atoms. The van der Waals surface area contributed by atoms with Crippen LogP contribution in [0.4, 0.5) is 0 Å². The summed E-state index contributed by atoms with van der Waals surface area (Å²) in [6.45, 7) is 6.40. The maximum atomic E-state index is 8.96. The molecule has 1 heterocycles. The number of hydrogen-bond acceptors (Lipinski definition) is 3. The molecular formula is C12H19ClN2O. The second-order valence-electron chi connectivity index (χ2n) is 4.64. The van der Waals surface area contributed by atoms with Crippen molar-refractivity contribution in [2.45, 2.75) is 38.8 Å². The van der Waals surface area contributed by atoms with E-state index in [1.54, 1.807) is 6.20 Å². The maximum Gasteiger partial charge on any atom is 0.129 e. The van der Waals surface area contributed by atoms with Gasteiger partial charge in [-0.25, -0.2) is 4.98 Å². The Hall–Kier alpha value is -0.640. The Labute approximate surface area is 102 Å². The number of hydrogen-bond donors (Lipinski definition) is 2. The quantitative estimate of drug-likeness (QED) is 0.780. The van der Waals surface area contributed by atoms with E-state index in [1.165, 1.54) is 0 Å². The van der Waals surface area contributed by atoms with Gasteiger partial charge in [-0.1, -0.05) is 11.6 Å². The van der Waals surface area contributed by atoms with E-state index in [0.29, 0.717) is 5.15 Å². The lowest BCUT2D eigenvalue weighted by atomic mass is 9.98. The first-order valence-electron chi connectivity index (χ1n) is 5.44. The summed E-state index contributed by atoms with van der Waals surface area (Å²) in [5.74, 6) is 0. The topological polar surface area (TPSA) is 45.1 Å². The SMILES string of the molecule is CC(NC(C)(C)CCO)c1ccnc(Cl)c1. The molecule has 1 aromatic rings. The van der Waals surface area contributed by atoms with Gasteiger partial charge < -0.3 is 10.4 Å². The van der Waals surface area contributed by atoms with Gasteiger partial charge in [0.25, 0.3) is 0 Å². The van der Waals surface area contributed by atoms with Gasteiger partial charge in [-0.3, -0.25) is 0 Å². The summed E-state index contributed by atoms with van der Waals surface area (Å²) in [5.41, 5.74) is 1.01. The van der Waals surface area contributed by atoms with Gasteiger partial charge in [0.2, 0.25) is 0 Å². The fourth-order valence-electron chi connectivity index (χ4n) is 1.71. The Balaban J connectivity index is 2.68. The fourth-order valence-corrected chi connectivity index (χ4v) is 1.89. The number of nitrogens with one attached hydrogen (secondary N) is 1. The van der Waals surface area contributed by atoms with E-state index in [4.69, 9.17) is 16.7 Å². The lowest BCUT2D eigenvalue weighted by Gasteiger charge is -2.30. The largest absolute Gasteiger partial charge is 0.396 e. The van der Waals surface area contributed by atoms with Gasteiger partial charge in [0, 0.05) is 24.4 Å². The van der Waals surface area contributed by atoms with Crippen molar-refractivity contribution in [3.05, 3.63) is 29.0 Å². The molecule has 1 rings (SSSR count). The van der Waals surface area contributed by atoms with E-state index in [-0.39, 0.29) is 18.2 Å². The predicted molar refractivity (Wildman–Crippen MR) is 66.6 cm³/mol. The van der Waals surface area contributed by atoms with E-state index in [0.717, 1.165) is 12.0 Å². The molecule has 2 N–H and O–H groups in total. The zero-order valence-corrected chi connectivity index (χ0v) is 10.8. The Bertz CT molecular complexity index is 342. The van der Waals surface area contributed by atoms with Crippen molar-refractivity contribution < 1.29 is 5.11 Å². The number of nitrogens with zero attached hydrogens (tertiary/aromatic N) is 1. The minimum Gasteiger partial charge on any atom is -0.396 e. The first kappa shape index (κ1) is 13.4. The van der Waals surface area contributed by atoms with Crippen LogP contribution < -0.4 is 5.32 Å². The van der Waals surface area contributed by atoms with Crippen LogP contribution in [0.2, 0.25) is 5.15 Å². The Kier molecular flexibility index (Phi) is 4.71. The van der Waals surface area contributed by atoms with Crippen molar-refractivity contribution in [1.82, 2.24) is 10.3 Å². The average molecular weight is 243 g/mol. The summed E-state index contributed by atoms with van der Waals surface area (Å²) >= 11 is 5.84. The molecule has 90 valence electrons. The number of aromatic nitrogens is 1. The molecule has 1 aromatic heterocycles. The van der Waals surface area contributed by atoms with Crippen LogP contribution >= 0.6 is 11.6 Å². The average Bonchev–Trinajstić information content (AvgIpc) is 2.16. The van der Waals surface area contributed by atoms with Crippen molar-refractivity contribution in [3.63, 3.8) is 0 Å². The van der Waals surface area contributed by atoms with Gasteiger partial charge in [0.05, 0.1) is 0 Å². The van der Waals surface area contributed by atoms with E-state index < -0.39 is 0 Å². The summed E-state index contributed by atoms with van der Waals surface area (Å²) in [5, 5.41) is 12.9. The van der Waals surface area contributed by atoms with Crippen LogP contribution in [0.1, 0.15) is 38.8 Å². The molecular weight excluding hydrogens is 224 g/mol. The number of pyridine rings is 1. The van der Waals surface area contributed by atoms with E-state index in [2.05, 4.69) is 31.1 Å². The van der Waals surface area contributed by atoms with Crippen molar-refractivity contribution in [2.75, 3.05) is 6.61 Å². The lowest BCUT2D eigenvalue weighted by Crippen LogP contribution is -2.41. The molecule has 0 saturated heterocycles. The second kappa shape index (κ2) is 5.62. The minimum absolute atomic E-state index is 0.0933. The Morgan fingerprint density at radius 2 is 2.25 bits per heavy atom. The van der Waals surface area contributed by atoms with Crippen LogP contribution in [-0.4, -0.2) is 22.2 Å². The summed E-state index contributed by atoms with van der Waals surface area (Å²) in [4.78, 5) is 3.95. The Morgan fingerprint density at radius 3 is 2.81 bits per heavy atom. The highest BCUT2D eigenvalue weighted by Gasteiger charge is 2.20. The standard InChI is InChI=1S/C12H19ClN2O/c1-9(15-12(2,3)5-7-16)10-4-6-14-11(13)8-10/h4,6,8-9,15-16H,5,7H2,1-3H3. The zero-order valence-electron chi connectivity index (χ0n) is 10.00. The van der Waals surface area contributed by atoms with Gasteiger partial charge in [-0.2, -0.15) is 0 Å². The molecule has 0 aliphatic heterocycles. The van der Waals surface area contributed by atoms with Gasteiger partial charge in [0.15, 0.2) is 0 Å². The second-order valence-corrected chi connectivity index (χ2v) is 5.02. The van der Waals surface area contributed by atoms with Crippen LogP contribution in [-0.2, 0) is 0 Å². The molecule has 16 heavy (non-hydrogen) atoms. The van der Waals surface area contributed by atoms with Crippen molar-refractivity contribution in [2.24, 2.45) is 0 Å². The lowest BCUT2D eigenvalue weighted by molar-refractivity contribution is 0.221. The summed E-state index contributed by atoms with van der Waals surface area (Å²) < 4.78 is 0. The molecule has 3 nitrogen and oxygen atoms in total. The molecule has 4 heteroatoms. The number of rotatable bonds is 5. The third-order valence-electron chi connectivity index (χ3n) is 2.59. The molecule has 0 fully saturated rings. The first-order valence-corrected chi connectivity index (χ1v) is 5.82. The van der Waals surface area contributed by atoms with Gasteiger partial charge >= 0.3 is 0 Å². The zero-order chi connectivity index (χ0) is 12.2. The van der Waals surface area contributed by atoms with Crippen LogP contribution in [0.3, 0.4) is 0 Å². The minimum atomic E-state index is -0.0933. The van der Waals surface area contributed by atoms with Crippen LogP contribution in [0.5, 0.6) is 0 Å². The maximum absolute atomic E-state index is 8.96. The van der Waals surface area contributed by atoms with Crippen LogP contribution in [0, 0.1) is 0 Å². The van der Waals surface area contributed by atoms with E-state index >= 15 is 0 Å². The third kappa shape index (κ3) is 4.08. The third-order valence-corrected chi connectivity index (χ3v) is 2.80. The summed E-state index contributed by atoms with van der Waals surface area (Å²) in [6.07, 6.45) is 2.42. The Morgan fingerprint density at radius 1 is 1.56 bits per heavy atom. The molecule has 0 radical (unpaired) electrons. The molecule has 0 saturated carbocycles. The molecule has 0 aliphatic carbocycles. The molecule has 0 spiro atoms. The highest BCUT2D eigenvalue weighted by Crippen LogP contribution is 2.19. The highest BCUT2D eigenvalue weighted by molar-refractivity contribution is 6.29. The van der Waals surface area contributed by atoms with Gasteiger partial charge in [-0.15, -0.1) is 0 Å². The molecule has 1 atom stereocenters. The van der Waals surface area contributed by atoms with Gasteiger partial charge in [-0.05, 0) is 44.9 Å². The predicted octanol–water partition coefficient (Wildman–Crippen LogP) is 2.55. The van der Waals surface area contributed by atoms with Crippen LogP contribution in [0.25, 0.3) is 0 Å². The smallest absolute Gasteiger partial charge is 0.129 e. The summed E-state index contributed by atoms with van der Waals surface area (Å²) in [7, 11) is 0. The molecule has 0 aromatic carbocycles. The van der Waals surface area contributed by atoms with Crippen LogP contribution in [0.15, 0.2) is 18.3 Å². The number of halogens is 1. The van der Waals surface area contributed by atoms with Crippen molar-refractivity contribution >= 4 is 11.6 Å². The summed E-state index contributed by atoms with van der Waals surface area (Å²) in [6, 6.07) is 3.98. The fraction of sp³-hybridized carbons (Fsp3) is 0.583. The van der Waals surface area contributed by atoms with Gasteiger partial charge in [0.1, 0.15) is 5.15 Å². The first-order chi connectivity index (χ1) is 7.44. The monoisotopic (exact) mass is 242 g/mol. The van der Waals surface area contributed by atoms with Crippen molar-refractivity contribution in [1.29, 1.82) is 0 Å². The number of aliphatic hydroxyl groups is 1. The molecule has 1 unspecified atom stereocenters. The van der Waals surface area contributed by atoms with Crippen molar-refractivity contribution in [3.8, 4) is 0 Å². The number of aliphatic hydroxyl groups excluding tert-OH is 1. The molecule has 0 amide bonds. The normalized spacial score (nSPS) is 13.8. The van der Waals surface area contributed by atoms with E-state index in [1.807, 2.05) is 12.1 Å².